The average molecular weight is 557 g/mol. The molecule has 5 rings (SSSR count). The number of aliphatic imine (C=N–C) groups is 1. The highest BCUT2D eigenvalue weighted by molar-refractivity contribution is 6.22. The van der Waals surface area contributed by atoms with Gasteiger partial charge in [-0.1, -0.05) is 38.0 Å². The lowest BCUT2D eigenvalue weighted by Crippen LogP contribution is -2.53. The van der Waals surface area contributed by atoms with Gasteiger partial charge in [0.25, 0.3) is 0 Å². The third kappa shape index (κ3) is 7.12. The van der Waals surface area contributed by atoms with Crippen molar-refractivity contribution in [1.82, 2.24) is 21.0 Å². The molecule has 214 valence electrons. The third-order valence-corrected chi connectivity index (χ3v) is 9.63. The highest BCUT2D eigenvalue weighted by Gasteiger charge is 2.40. The molecule has 0 spiro atoms. The molecule has 0 radical (unpaired) electrons. The Kier molecular flexibility index (Phi) is 9.44. The number of allylic oxidation sites excluding steroid dienone is 2. The maximum absolute atomic E-state index is 12.8. The van der Waals surface area contributed by atoms with Crippen LogP contribution >= 0.6 is 11.6 Å². The van der Waals surface area contributed by atoms with Crippen LogP contribution in [0.4, 0.5) is 0 Å². The van der Waals surface area contributed by atoms with Crippen LogP contribution in [0.25, 0.3) is 0 Å². The first-order valence-electron chi connectivity index (χ1n) is 15.1. The third-order valence-electron chi connectivity index (χ3n) is 9.10. The number of fused-ring (bicyclic) bond motifs is 1. The van der Waals surface area contributed by atoms with Gasteiger partial charge in [-0.15, -0.1) is 11.6 Å². The molecule has 0 aromatic heterocycles. The fraction of sp³-hybridized carbons (Fsp3) is 0.733. The van der Waals surface area contributed by atoms with Crippen LogP contribution in [0.1, 0.15) is 78.1 Å². The van der Waals surface area contributed by atoms with Crippen LogP contribution in [0, 0.1) is 29.6 Å². The van der Waals surface area contributed by atoms with Gasteiger partial charge in [0.1, 0.15) is 12.3 Å². The van der Waals surface area contributed by atoms with Gasteiger partial charge in [-0.25, -0.2) is 0 Å². The molecule has 8 atom stereocenters. The maximum atomic E-state index is 12.8. The highest BCUT2D eigenvalue weighted by Crippen LogP contribution is 2.35. The summed E-state index contributed by atoms with van der Waals surface area (Å²) in [7, 11) is 0. The summed E-state index contributed by atoms with van der Waals surface area (Å²) < 4.78 is 0. The summed E-state index contributed by atoms with van der Waals surface area (Å²) in [5.41, 5.74) is 2.17. The molecule has 1 saturated carbocycles. The number of nitrogens with zero attached hydrogens (tertiary/aromatic N) is 3. The average Bonchev–Trinajstić information content (AvgIpc) is 3.31. The van der Waals surface area contributed by atoms with E-state index < -0.39 is 0 Å². The molecule has 3 aliphatic carbocycles. The standard InChI is InChI=1S/C30H45ClN6O2/c1-19-16-34-37-28(15-27(36-29(19)37)25-8-3-4-9-26(25)31)32-17-21-10-12-22(13-11-21)18-33-30(39)23-6-5-7-24(14-23)35-20(2)38/h7,10,12,16,19,21-23,25-26,28-29,32H,3-6,8-9,11,13-15,17-18H2,1-2H3,(H,33,39)(H,35,38). The van der Waals surface area contributed by atoms with Gasteiger partial charge in [0, 0.05) is 67.2 Å². The predicted octanol–water partition coefficient (Wildman–Crippen LogP) is 4.33. The van der Waals surface area contributed by atoms with Crippen molar-refractivity contribution < 1.29 is 9.59 Å². The number of amides is 2. The molecule has 9 heteroatoms. The quantitative estimate of drug-likeness (QED) is 0.306. The maximum Gasteiger partial charge on any atom is 0.223 e. The Morgan fingerprint density at radius 2 is 1.82 bits per heavy atom. The Balaban J connectivity index is 1.08. The van der Waals surface area contributed by atoms with E-state index in [1.807, 2.05) is 12.3 Å². The van der Waals surface area contributed by atoms with E-state index in [-0.39, 0.29) is 35.4 Å². The first-order valence-corrected chi connectivity index (χ1v) is 15.5. The minimum atomic E-state index is -0.0774. The fourth-order valence-corrected chi connectivity index (χ4v) is 7.22. The number of rotatable bonds is 8. The summed E-state index contributed by atoms with van der Waals surface area (Å²) in [6.45, 7) is 5.30. The number of hydrazone groups is 1. The van der Waals surface area contributed by atoms with Gasteiger partial charge in [0.2, 0.25) is 11.8 Å². The molecule has 1 fully saturated rings. The molecule has 8 nitrogen and oxygen atoms in total. The van der Waals surface area contributed by atoms with Gasteiger partial charge < -0.3 is 10.6 Å². The Morgan fingerprint density at radius 3 is 2.56 bits per heavy atom. The summed E-state index contributed by atoms with van der Waals surface area (Å²) in [4.78, 5) is 29.3. The van der Waals surface area contributed by atoms with Crippen LogP contribution in [-0.4, -0.2) is 59.5 Å². The van der Waals surface area contributed by atoms with Gasteiger partial charge in [0.15, 0.2) is 0 Å². The number of nitrogens with one attached hydrogen (secondary N) is 3. The van der Waals surface area contributed by atoms with Crippen molar-refractivity contribution in [2.75, 3.05) is 13.1 Å². The molecular weight excluding hydrogens is 512 g/mol. The van der Waals surface area contributed by atoms with Crippen molar-refractivity contribution in [3.05, 3.63) is 23.9 Å². The second-order valence-corrected chi connectivity index (χ2v) is 12.7. The summed E-state index contributed by atoms with van der Waals surface area (Å²) in [5.74, 6) is 1.51. The van der Waals surface area contributed by atoms with Crippen molar-refractivity contribution in [2.24, 2.45) is 39.7 Å². The minimum Gasteiger partial charge on any atom is -0.355 e. The monoisotopic (exact) mass is 556 g/mol. The van der Waals surface area contributed by atoms with E-state index in [2.05, 4.69) is 40.0 Å². The van der Waals surface area contributed by atoms with Crippen LogP contribution in [0.3, 0.4) is 0 Å². The Morgan fingerprint density at radius 1 is 1.05 bits per heavy atom. The Bertz CT molecular complexity index is 1020. The zero-order valence-corrected chi connectivity index (χ0v) is 24.2. The van der Waals surface area contributed by atoms with Crippen LogP contribution < -0.4 is 16.0 Å². The molecule has 2 aliphatic heterocycles. The Labute approximate surface area is 238 Å². The summed E-state index contributed by atoms with van der Waals surface area (Å²) in [6, 6.07) is 0. The fourth-order valence-electron chi connectivity index (χ4n) is 6.80. The topological polar surface area (TPSA) is 98.2 Å². The largest absolute Gasteiger partial charge is 0.355 e. The second kappa shape index (κ2) is 13.0. The van der Waals surface area contributed by atoms with Gasteiger partial charge in [-0.2, -0.15) is 5.10 Å². The number of hydrogen-bond acceptors (Lipinski definition) is 6. The van der Waals surface area contributed by atoms with Crippen molar-refractivity contribution >= 4 is 35.3 Å². The van der Waals surface area contributed by atoms with Crippen molar-refractivity contribution in [2.45, 2.75) is 95.8 Å². The second-order valence-electron chi connectivity index (χ2n) is 12.2. The molecule has 2 heterocycles. The van der Waals surface area contributed by atoms with Gasteiger partial charge >= 0.3 is 0 Å². The van der Waals surface area contributed by atoms with Crippen molar-refractivity contribution in [1.29, 1.82) is 0 Å². The van der Waals surface area contributed by atoms with E-state index in [4.69, 9.17) is 21.7 Å². The van der Waals surface area contributed by atoms with Gasteiger partial charge in [0.05, 0.1) is 0 Å². The molecule has 5 aliphatic rings. The van der Waals surface area contributed by atoms with Gasteiger partial charge in [-0.05, 0) is 56.8 Å². The predicted molar refractivity (Wildman–Crippen MR) is 156 cm³/mol. The van der Waals surface area contributed by atoms with Crippen LogP contribution in [-0.2, 0) is 9.59 Å². The molecule has 0 aromatic carbocycles. The molecular formula is C30H45ClN6O2. The lowest BCUT2D eigenvalue weighted by atomic mass is 9.82. The smallest absolute Gasteiger partial charge is 0.223 e. The minimum absolute atomic E-state index is 0.0622. The molecule has 39 heavy (non-hydrogen) atoms. The highest BCUT2D eigenvalue weighted by atomic mass is 35.5. The first kappa shape index (κ1) is 28.3. The summed E-state index contributed by atoms with van der Waals surface area (Å²) in [6.07, 6.45) is 19.0. The van der Waals surface area contributed by atoms with Gasteiger partial charge in [-0.3, -0.25) is 24.9 Å². The molecule has 0 bridgehead atoms. The van der Waals surface area contributed by atoms with Crippen LogP contribution in [0.5, 0.6) is 0 Å². The number of hydrogen-bond donors (Lipinski definition) is 3. The Hall–Kier alpha value is -2.19. The molecule has 2 amide bonds. The van der Waals surface area contributed by atoms with E-state index in [1.54, 1.807) is 0 Å². The van der Waals surface area contributed by atoms with E-state index in [9.17, 15) is 9.59 Å². The zero-order chi connectivity index (χ0) is 27.4. The van der Waals surface area contributed by atoms with Crippen LogP contribution in [0.2, 0.25) is 0 Å². The van der Waals surface area contributed by atoms with E-state index >= 15 is 0 Å². The first-order chi connectivity index (χ1) is 18.9. The van der Waals surface area contributed by atoms with Crippen molar-refractivity contribution in [3.8, 4) is 0 Å². The molecule has 3 N–H and O–H groups in total. The van der Waals surface area contributed by atoms with E-state index in [0.717, 1.165) is 57.2 Å². The van der Waals surface area contributed by atoms with Crippen molar-refractivity contribution in [3.63, 3.8) is 0 Å². The molecule has 0 saturated heterocycles. The lowest BCUT2D eigenvalue weighted by molar-refractivity contribution is -0.126. The lowest BCUT2D eigenvalue weighted by Gasteiger charge is -2.40. The van der Waals surface area contributed by atoms with E-state index in [1.165, 1.54) is 25.5 Å². The number of carbonyl (C=O) groups is 2. The number of carbonyl (C=O) groups excluding carboxylic acids is 2. The number of alkyl halides is 1. The zero-order valence-electron chi connectivity index (χ0n) is 23.4. The summed E-state index contributed by atoms with van der Waals surface area (Å²) >= 11 is 6.77. The van der Waals surface area contributed by atoms with Crippen LogP contribution in [0.15, 0.2) is 34.0 Å². The SMILES string of the molecule is CC(=O)NC1=CCCC(C(=O)NCC2C=CC(CNC3CC(C4CCCCC4Cl)=NC4C(C)C=NN34)CC2)C1. The number of halogens is 1. The summed E-state index contributed by atoms with van der Waals surface area (Å²) in [5, 5.41) is 16.9. The molecule has 0 aromatic rings. The normalized spacial score (nSPS) is 36.1. The van der Waals surface area contributed by atoms with E-state index in [0.29, 0.717) is 36.6 Å². The molecule has 8 unspecified atom stereocenters.